The van der Waals surface area contributed by atoms with Gasteiger partial charge in [-0.25, -0.2) is 8.78 Å². The van der Waals surface area contributed by atoms with Gasteiger partial charge in [0.05, 0.1) is 12.2 Å². The van der Waals surface area contributed by atoms with Crippen LogP contribution in [0.15, 0.2) is 30.3 Å². The quantitative estimate of drug-likeness (QED) is 0.899. The second-order valence-electron chi connectivity index (χ2n) is 5.94. The maximum Gasteiger partial charge on any atom is 0.254 e. The van der Waals surface area contributed by atoms with Crippen LogP contribution >= 0.6 is 0 Å². The van der Waals surface area contributed by atoms with E-state index >= 15 is 0 Å². The Morgan fingerprint density at radius 2 is 2.12 bits per heavy atom. The van der Waals surface area contributed by atoms with E-state index in [-0.39, 0.29) is 18.2 Å². The second-order valence-corrected chi connectivity index (χ2v) is 5.94. The van der Waals surface area contributed by atoms with E-state index in [0.717, 1.165) is 41.5 Å². The van der Waals surface area contributed by atoms with Crippen LogP contribution in [0.5, 0.6) is 11.5 Å². The first-order chi connectivity index (χ1) is 12.0. The van der Waals surface area contributed by atoms with Crippen molar-refractivity contribution in [3.05, 3.63) is 58.7 Å². The summed E-state index contributed by atoms with van der Waals surface area (Å²) >= 11 is 0. The highest BCUT2D eigenvalue weighted by molar-refractivity contribution is 5.94. The number of carbonyl (C=O) groups is 1. The number of benzene rings is 2. The molecule has 25 heavy (non-hydrogen) atoms. The largest absolute Gasteiger partial charge is 0.494 e. The zero-order valence-electron chi connectivity index (χ0n) is 14.1. The summed E-state index contributed by atoms with van der Waals surface area (Å²) in [5.74, 6) is -0.707. The molecule has 0 saturated carbocycles. The molecular weight excluding hydrogens is 328 g/mol. The van der Waals surface area contributed by atoms with E-state index in [1.165, 1.54) is 0 Å². The third kappa shape index (κ3) is 3.73. The molecule has 0 bridgehead atoms. The van der Waals surface area contributed by atoms with Gasteiger partial charge in [0.1, 0.15) is 29.2 Å². The van der Waals surface area contributed by atoms with Crippen LogP contribution in [0.4, 0.5) is 8.78 Å². The van der Waals surface area contributed by atoms with Gasteiger partial charge in [-0.1, -0.05) is 0 Å². The summed E-state index contributed by atoms with van der Waals surface area (Å²) in [5.41, 5.74) is 1.45. The second kappa shape index (κ2) is 7.09. The molecule has 1 aliphatic rings. The van der Waals surface area contributed by atoms with Crippen LogP contribution in [-0.2, 0) is 13.0 Å². The van der Waals surface area contributed by atoms with Crippen molar-refractivity contribution in [1.29, 1.82) is 0 Å². The van der Waals surface area contributed by atoms with Gasteiger partial charge in [0.15, 0.2) is 0 Å². The molecule has 3 rings (SSSR count). The van der Waals surface area contributed by atoms with E-state index in [9.17, 15) is 13.6 Å². The lowest BCUT2D eigenvalue weighted by Gasteiger charge is -2.13. The lowest BCUT2D eigenvalue weighted by atomic mass is 10.1. The van der Waals surface area contributed by atoms with E-state index in [1.54, 1.807) is 0 Å². The van der Waals surface area contributed by atoms with Crippen LogP contribution in [-0.4, -0.2) is 18.6 Å². The highest BCUT2D eigenvalue weighted by atomic mass is 19.1. The minimum Gasteiger partial charge on any atom is -0.494 e. The van der Waals surface area contributed by atoms with Crippen LogP contribution < -0.4 is 14.8 Å². The number of hydrogen-bond acceptors (Lipinski definition) is 3. The van der Waals surface area contributed by atoms with E-state index in [4.69, 9.17) is 9.47 Å². The van der Waals surface area contributed by atoms with Gasteiger partial charge in [0.2, 0.25) is 0 Å². The minimum atomic E-state index is -0.768. The van der Waals surface area contributed by atoms with Crippen LogP contribution in [0.1, 0.15) is 35.3 Å². The van der Waals surface area contributed by atoms with Gasteiger partial charge in [-0.3, -0.25) is 4.79 Å². The molecule has 1 N–H and O–H groups in total. The Bertz CT molecular complexity index is 807. The van der Waals surface area contributed by atoms with Crippen molar-refractivity contribution in [2.24, 2.45) is 0 Å². The third-order valence-corrected chi connectivity index (χ3v) is 3.99. The summed E-state index contributed by atoms with van der Waals surface area (Å²) in [6.45, 7) is 4.45. The lowest BCUT2D eigenvalue weighted by Crippen LogP contribution is -2.24. The number of amides is 1. The maximum atomic E-state index is 13.7. The fraction of sp³-hybridized carbons (Fsp3) is 0.316. The summed E-state index contributed by atoms with van der Waals surface area (Å²) < 4.78 is 38.3. The molecule has 132 valence electrons. The third-order valence-electron chi connectivity index (χ3n) is 3.99. The van der Waals surface area contributed by atoms with Gasteiger partial charge in [0, 0.05) is 24.1 Å². The van der Waals surface area contributed by atoms with Crippen molar-refractivity contribution >= 4 is 5.91 Å². The van der Waals surface area contributed by atoms with Crippen LogP contribution in [0, 0.1) is 11.6 Å². The van der Waals surface area contributed by atoms with Gasteiger partial charge >= 0.3 is 0 Å². The predicted molar refractivity (Wildman–Crippen MR) is 88.9 cm³/mol. The zero-order chi connectivity index (χ0) is 18.0. The summed E-state index contributed by atoms with van der Waals surface area (Å²) in [7, 11) is 0. The van der Waals surface area contributed by atoms with Crippen LogP contribution in [0.3, 0.4) is 0 Å². The van der Waals surface area contributed by atoms with Crippen molar-refractivity contribution in [3.8, 4) is 11.5 Å². The molecule has 0 unspecified atom stereocenters. The first-order valence-corrected chi connectivity index (χ1v) is 8.16. The van der Waals surface area contributed by atoms with Gasteiger partial charge in [-0.05, 0) is 44.2 Å². The van der Waals surface area contributed by atoms with E-state index < -0.39 is 17.5 Å². The molecule has 2 aromatic carbocycles. The predicted octanol–water partition coefficient (Wildman–Crippen LogP) is 3.62. The molecule has 0 aliphatic carbocycles. The lowest BCUT2D eigenvalue weighted by molar-refractivity contribution is 0.0946. The standard InChI is InChI=1S/C19H19F2NO3/c1-3-24-17-7-12-6-11(2)25-18(12)8-13(17)10-22-19(23)15-9-14(20)4-5-16(15)21/h4-5,7-9,11H,3,6,10H2,1-2H3,(H,22,23)/t11-/m0/s1. The van der Waals surface area contributed by atoms with Gasteiger partial charge < -0.3 is 14.8 Å². The number of fused-ring (bicyclic) bond motifs is 1. The summed E-state index contributed by atoms with van der Waals surface area (Å²) in [4.78, 5) is 12.2. The number of nitrogens with one attached hydrogen (secondary N) is 1. The van der Waals surface area contributed by atoms with Crippen molar-refractivity contribution < 1.29 is 23.0 Å². The Morgan fingerprint density at radius 1 is 1.32 bits per heavy atom. The minimum absolute atomic E-state index is 0.0932. The number of carbonyl (C=O) groups excluding carboxylic acids is 1. The zero-order valence-corrected chi connectivity index (χ0v) is 14.1. The van der Waals surface area contributed by atoms with Crippen molar-refractivity contribution in [3.63, 3.8) is 0 Å². The molecular formula is C19H19F2NO3. The molecule has 1 amide bonds. The van der Waals surface area contributed by atoms with Gasteiger partial charge in [-0.2, -0.15) is 0 Å². The maximum absolute atomic E-state index is 13.7. The van der Waals surface area contributed by atoms with Gasteiger partial charge in [-0.15, -0.1) is 0 Å². The molecule has 1 atom stereocenters. The highest BCUT2D eigenvalue weighted by Crippen LogP contribution is 2.35. The van der Waals surface area contributed by atoms with Crippen LogP contribution in [0.2, 0.25) is 0 Å². The molecule has 0 fully saturated rings. The number of halogens is 2. The number of ether oxygens (including phenoxy) is 2. The van der Waals surface area contributed by atoms with E-state index in [0.29, 0.717) is 12.4 Å². The average molecular weight is 347 g/mol. The molecule has 0 aromatic heterocycles. The summed E-state index contributed by atoms with van der Waals surface area (Å²) in [6.07, 6.45) is 0.895. The van der Waals surface area contributed by atoms with Crippen LogP contribution in [0.25, 0.3) is 0 Å². The Morgan fingerprint density at radius 3 is 2.88 bits per heavy atom. The topological polar surface area (TPSA) is 47.6 Å². The van der Waals surface area contributed by atoms with E-state index in [2.05, 4.69) is 5.32 Å². The molecule has 0 saturated heterocycles. The highest BCUT2D eigenvalue weighted by Gasteiger charge is 2.22. The SMILES string of the molecule is CCOc1cc2c(cc1CNC(=O)c1cc(F)ccc1F)O[C@@H](C)C2. The Hall–Kier alpha value is -2.63. The average Bonchev–Trinajstić information content (AvgIpc) is 2.93. The summed E-state index contributed by atoms with van der Waals surface area (Å²) in [5, 5.41) is 2.60. The normalized spacial score (nSPS) is 15.4. The Balaban J connectivity index is 1.79. The molecule has 6 heteroatoms. The number of hydrogen-bond donors (Lipinski definition) is 1. The number of rotatable bonds is 5. The Kier molecular flexibility index (Phi) is 4.88. The first kappa shape index (κ1) is 17.2. The fourth-order valence-corrected chi connectivity index (χ4v) is 2.85. The molecule has 0 spiro atoms. The fourth-order valence-electron chi connectivity index (χ4n) is 2.85. The Labute approximate surface area is 144 Å². The molecule has 1 heterocycles. The van der Waals surface area contributed by atoms with Crippen molar-refractivity contribution in [2.45, 2.75) is 32.9 Å². The summed E-state index contributed by atoms with van der Waals surface area (Å²) in [6, 6.07) is 6.51. The van der Waals surface area contributed by atoms with Crippen molar-refractivity contribution in [2.75, 3.05) is 6.61 Å². The van der Waals surface area contributed by atoms with E-state index in [1.807, 2.05) is 26.0 Å². The molecule has 4 nitrogen and oxygen atoms in total. The monoisotopic (exact) mass is 347 g/mol. The smallest absolute Gasteiger partial charge is 0.254 e. The molecule has 0 radical (unpaired) electrons. The molecule has 1 aliphatic heterocycles. The molecule has 2 aromatic rings. The van der Waals surface area contributed by atoms with Crippen molar-refractivity contribution in [1.82, 2.24) is 5.32 Å². The first-order valence-electron chi connectivity index (χ1n) is 8.16. The van der Waals surface area contributed by atoms with Gasteiger partial charge in [0.25, 0.3) is 5.91 Å².